The first-order chi connectivity index (χ1) is 15.0. The van der Waals surface area contributed by atoms with Crippen LogP contribution in [0.1, 0.15) is 36.8 Å². The van der Waals surface area contributed by atoms with E-state index in [4.69, 9.17) is 0 Å². The van der Waals surface area contributed by atoms with E-state index in [0.717, 1.165) is 35.9 Å². The molecule has 2 saturated heterocycles. The molecule has 0 N–H and O–H groups in total. The van der Waals surface area contributed by atoms with Crippen molar-refractivity contribution in [2.24, 2.45) is 0 Å². The van der Waals surface area contributed by atoms with Crippen molar-refractivity contribution in [1.82, 2.24) is 14.5 Å². The van der Waals surface area contributed by atoms with Gasteiger partial charge in [0.25, 0.3) is 0 Å². The van der Waals surface area contributed by atoms with Crippen LogP contribution < -0.4 is 9.80 Å². The lowest BCUT2D eigenvalue weighted by atomic mass is 10.2. The summed E-state index contributed by atoms with van der Waals surface area (Å²) in [5.41, 5.74) is 2.03. The molecule has 0 amide bonds. The molecule has 8 heteroatoms. The Morgan fingerprint density at radius 3 is 1.84 bits per heavy atom. The van der Waals surface area contributed by atoms with Gasteiger partial charge in [0.1, 0.15) is 0 Å². The second-order valence-corrected chi connectivity index (χ2v) is 10.1. The molecule has 0 radical (unpaired) electrons. The zero-order valence-electron chi connectivity index (χ0n) is 18.2. The molecule has 31 heavy (non-hydrogen) atoms. The maximum atomic E-state index is 12.7. The summed E-state index contributed by atoms with van der Waals surface area (Å²) in [6.45, 7) is 6.19. The molecule has 0 spiro atoms. The minimum Gasteiger partial charge on any atom is -0.355 e. The van der Waals surface area contributed by atoms with Gasteiger partial charge in [-0.05, 0) is 43.5 Å². The van der Waals surface area contributed by atoms with Gasteiger partial charge in [-0.25, -0.2) is 8.42 Å². The summed E-state index contributed by atoms with van der Waals surface area (Å²) in [5.74, 6) is 1.75. The second kappa shape index (κ2) is 9.78. The molecular formula is C23H31N5O2S. The molecule has 1 aromatic carbocycles. The highest BCUT2D eigenvalue weighted by molar-refractivity contribution is 7.92. The number of rotatable bonds is 5. The van der Waals surface area contributed by atoms with Gasteiger partial charge in [-0.2, -0.15) is 4.31 Å². The lowest BCUT2D eigenvalue weighted by molar-refractivity contribution is 0.388. The fourth-order valence-corrected chi connectivity index (χ4v) is 5.23. The van der Waals surface area contributed by atoms with Gasteiger partial charge in [-0.3, -0.25) is 0 Å². The Balaban J connectivity index is 1.34. The first-order valence-corrected chi connectivity index (χ1v) is 12.6. The van der Waals surface area contributed by atoms with E-state index in [1.165, 1.54) is 35.4 Å². The van der Waals surface area contributed by atoms with Crippen LogP contribution in [-0.4, -0.2) is 62.2 Å². The van der Waals surface area contributed by atoms with Crippen LogP contribution in [0.2, 0.25) is 0 Å². The van der Waals surface area contributed by atoms with Crippen molar-refractivity contribution in [3.8, 4) is 0 Å². The maximum absolute atomic E-state index is 12.7. The number of hydrogen-bond donors (Lipinski definition) is 0. The van der Waals surface area contributed by atoms with E-state index in [9.17, 15) is 8.42 Å². The van der Waals surface area contributed by atoms with Crippen molar-refractivity contribution in [2.75, 3.05) is 49.1 Å². The molecule has 3 heterocycles. The Bertz CT molecular complexity index is 974. The van der Waals surface area contributed by atoms with Gasteiger partial charge in [0.05, 0.1) is 0 Å². The molecule has 1 aromatic heterocycles. The van der Waals surface area contributed by atoms with Crippen molar-refractivity contribution in [3.05, 3.63) is 52.9 Å². The number of nitrogens with zero attached hydrogens (tertiary/aromatic N) is 5. The molecular weight excluding hydrogens is 410 g/mol. The van der Waals surface area contributed by atoms with E-state index < -0.39 is 10.0 Å². The third kappa shape index (κ3) is 5.62. The van der Waals surface area contributed by atoms with E-state index in [2.05, 4.69) is 20.0 Å². The van der Waals surface area contributed by atoms with Gasteiger partial charge >= 0.3 is 0 Å². The summed E-state index contributed by atoms with van der Waals surface area (Å²) < 4.78 is 26.9. The Hall–Kier alpha value is -2.45. The zero-order valence-corrected chi connectivity index (χ0v) is 19.0. The van der Waals surface area contributed by atoms with E-state index in [1.807, 2.05) is 43.3 Å². The number of aryl methyl sites for hydroxylation is 1. The Morgan fingerprint density at radius 2 is 1.29 bits per heavy atom. The number of sulfonamides is 1. The van der Waals surface area contributed by atoms with Crippen LogP contribution in [0.4, 0.5) is 11.6 Å². The van der Waals surface area contributed by atoms with Gasteiger partial charge in [0.2, 0.25) is 10.0 Å². The van der Waals surface area contributed by atoms with Gasteiger partial charge in [-0.1, -0.05) is 42.7 Å². The van der Waals surface area contributed by atoms with Gasteiger partial charge in [0.15, 0.2) is 11.6 Å². The Labute approximate surface area is 185 Å². The Kier molecular flexibility index (Phi) is 6.87. The smallest absolute Gasteiger partial charge is 0.236 e. The fourth-order valence-electron chi connectivity index (χ4n) is 4.06. The molecule has 166 valence electrons. The fraction of sp³-hybridized carbons (Fsp3) is 0.478. The molecule has 2 aromatic rings. The van der Waals surface area contributed by atoms with Crippen molar-refractivity contribution >= 4 is 27.7 Å². The number of piperazine rings is 1. The number of anilines is 2. The highest BCUT2D eigenvalue weighted by Gasteiger charge is 2.26. The molecule has 2 aliphatic heterocycles. The second-order valence-electron chi connectivity index (χ2n) is 8.30. The molecule has 0 aliphatic carbocycles. The maximum Gasteiger partial charge on any atom is 0.236 e. The lowest BCUT2D eigenvalue weighted by Gasteiger charge is -2.34. The van der Waals surface area contributed by atoms with Crippen molar-refractivity contribution < 1.29 is 8.42 Å². The van der Waals surface area contributed by atoms with Crippen molar-refractivity contribution in [2.45, 2.75) is 32.6 Å². The van der Waals surface area contributed by atoms with Crippen LogP contribution in [0.15, 0.2) is 41.8 Å². The van der Waals surface area contributed by atoms with E-state index in [-0.39, 0.29) is 0 Å². The molecule has 4 rings (SSSR count). The summed E-state index contributed by atoms with van der Waals surface area (Å²) in [6.07, 6.45) is 6.65. The number of hydrogen-bond acceptors (Lipinski definition) is 6. The van der Waals surface area contributed by atoms with Crippen LogP contribution >= 0.6 is 0 Å². The highest BCUT2D eigenvalue weighted by atomic mass is 32.2. The van der Waals surface area contributed by atoms with E-state index in [0.29, 0.717) is 26.2 Å². The normalized spacial score (nSPS) is 19.0. The standard InChI is InChI=1S/C23H31N5O2S/c1-20-6-8-21(9-7-20)12-19-31(29,30)28-17-15-27(16-18-28)23-11-10-22(24-25-23)26-13-4-2-3-5-14-26/h6-12,19H,2-5,13-18H2,1H3/b19-12+. The minimum absolute atomic E-state index is 0.441. The van der Waals surface area contributed by atoms with Gasteiger partial charge < -0.3 is 9.80 Å². The SMILES string of the molecule is Cc1ccc(/C=C/S(=O)(=O)N2CCN(c3ccc(N4CCCCCC4)nn3)CC2)cc1. The minimum atomic E-state index is -3.44. The topological polar surface area (TPSA) is 69.6 Å². The predicted molar refractivity (Wildman–Crippen MR) is 126 cm³/mol. The number of benzene rings is 1. The van der Waals surface area contributed by atoms with E-state index in [1.54, 1.807) is 6.08 Å². The van der Waals surface area contributed by atoms with Gasteiger partial charge in [0, 0.05) is 44.7 Å². The molecule has 0 saturated carbocycles. The van der Waals surface area contributed by atoms with Crippen LogP contribution in [0, 0.1) is 6.92 Å². The summed E-state index contributed by atoms with van der Waals surface area (Å²) in [5, 5.41) is 10.2. The first kappa shape index (κ1) is 21.8. The third-order valence-electron chi connectivity index (χ3n) is 6.00. The van der Waals surface area contributed by atoms with Gasteiger partial charge in [-0.15, -0.1) is 10.2 Å². The molecule has 2 aliphatic rings. The van der Waals surface area contributed by atoms with Crippen molar-refractivity contribution in [1.29, 1.82) is 0 Å². The molecule has 2 fully saturated rings. The average Bonchev–Trinajstić information content (AvgIpc) is 3.09. The summed E-state index contributed by atoms with van der Waals surface area (Å²) >= 11 is 0. The largest absolute Gasteiger partial charge is 0.355 e. The molecule has 7 nitrogen and oxygen atoms in total. The predicted octanol–water partition coefficient (Wildman–Crippen LogP) is 3.29. The van der Waals surface area contributed by atoms with Crippen LogP contribution in [0.3, 0.4) is 0 Å². The molecule has 0 unspecified atom stereocenters. The van der Waals surface area contributed by atoms with Crippen LogP contribution in [0.5, 0.6) is 0 Å². The van der Waals surface area contributed by atoms with Crippen LogP contribution in [-0.2, 0) is 10.0 Å². The van der Waals surface area contributed by atoms with Crippen LogP contribution in [0.25, 0.3) is 6.08 Å². The van der Waals surface area contributed by atoms with Crippen molar-refractivity contribution in [3.63, 3.8) is 0 Å². The first-order valence-electron chi connectivity index (χ1n) is 11.1. The number of aromatic nitrogens is 2. The summed E-state index contributed by atoms with van der Waals surface area (Å²) in [6, 6.07) is 11.9. The van der Waals surface area contributed by atoms with E-state index >= 15 is 0 Å². The molecule has 0 atom stereocenters. The quantitative estimate of drug-likeness (QED) is 0.709. The monoisotopic (exact) mass is 441 g/mol. The molecule has 0 bridgehead atoms. The Morgan fingerprint density at radius 1 is 0.742 bits per heavy atom. The zero-order chi connectivity index (χ0) is 21.7. The summed E-state index contributed by atoms with van der Waals surface area (Å²) in [4.78, 5) is 4.42. The highest BCUT2D eigenvalue weighted by Crippen LogP contribution is 2.20. The summed E-state index contributed by atoms with van der Waals surface area (Å²) in [7, 11) is -3.44. The average molecular weight is 442 g/mol. The lowest BCUT2D eigenvalue weighted by Crippen LogP contribution is -2.48. The third-order valence-corrected chi connectivity index (χ3v) is 7.56.